The predicted molar refractivity (Wildman–Crippen MR) is 76.0 cm³/mol. The highest BCUT2D eigenvalue weighted by molar-refractivity contribution is 5.12. The van der Waals surface area contributed by atoms with Gasteiger partial charge in [0.25, 0.3) is 0 Å². The Hall–Kier alpha value is -1.00. The van der Waals surface area contributed by atoms with Gasteiger partial charge in [-0.1, -0.05) is 6.42 Å². The van der Waals surface area contributed by atoms with E-state index in [1.807, 2.05) is 0 Å². The van der Waals surface area contributed by atoms with Gasteiger partial charge in [-0.15, -0.1) is 0 Å². The second kappa shape index (κ2) is 6.44. The fourth-order valence-corrected chi connectivity index (χ4v) is 3.14. The lowest BCUT2D eigenvalue weighted by Crippen LogP contribution is -2.30. The maximum atomic E-state index is 4.46. The Bertz CT molecular complexity index is 378. The van der Waals surface area contributed by atoms with Crippen LogP contribution in [-0.2, 0) is 6.54 Å². The molecule has 4 nitrogen and oxygen atoms in total. The first-order valence-corrected chi connectivity index (χ1v) is 7.67. The Morgan fingerprint density at radius 3 is 2.53 bits per heavy atom. The maximum Gasteiger partial charge on any atom is 0.0771 e. The number of hydrogen-bond donors (Lipinski definition) is 1. The fraction of sp³-hybridized carbons (Fsp3) is 0.733. The third-order valence-corrected chi connectivity index (χ3v) is 4.33. The molecule has 2 saturated heterocycles. The summed E-state index contributed by atoms with van der Waals surface area (Å²) >= 11 is 0. The second-order valence-corrected chi connectivity index (χ2v) is 5.81. The molecule has 1 aromatic heterocycles. The number of hydrogen-bond acceptors (Lipinski definition) is 4. The summed E-state index contributed by atoms with van der Waals surface area (Å²) < 4.78 is 0. The number of nitrogens with zero attached hydrogens (tertiary/aromatic N) is 3. The summed E-state index contributed by atoms with van der Waals surface area (Å²) in [5.74, 6) is 0.609. The molecule has 4 heteroatoms. The van der Waals surface area contributed by atoms with Crippen LogP contribution in [0.3, 0.4) is 0 Å². The maximum absolute atomic E-state index is 4.46. The summed E-state index contributed by atoms with van der Waals surface area (Å²) in [6, 6.07) is 4.38. The molecule has 0 atom stereocenters. The molecule has 104 valence electrons. The molecule has 1 N–H and O–H groups in total. The molecule has 0 amide bonds. The lowest BCUT2D eigenvalue weighted by Gasteiger charge is -2.26. The first-order valence-electron chi connectivity index (χ1n) is 7.67. The third-order valence-electron chi connectivity index (χ3n) is 4.33. The second-order valence-electron chi connectivity index (χ2n) is 5.81. The van der Waals surface area contributed by atoms with Crippen molar-refractivity contribution in [3.8, 4) is 0 Å². The molecule has 0 bridgehead atoms. The lowest BCUT2D eigenvalue weighted by molar-refractivity contribution is 0.218. The number of aromatic nitrogens is 2. The van der Waals surface area contributed by atoms with E-state index in [0.29, 0.717) is 5.92 Å². The smallest absolute Gasteiger partial charge is 0.0771 e. The monoisotopic (exact) mass is 260 g/mol. The van der Waals surface area contributed by atoms with Gasteiger partial charge in [-0.3, -0.25) is 4.90 Å². The number of nitrogens with one attached hydrogen (secondary N) is 1. The zero-order chi connectivity index (χ0) is 12.9. The summed E-state index contributed by atoms with van der Waals surface area (Å²) in [5.41, 5.74) is 2.31. The molecule has 2 fully saturated rings. The van der Waals surface area contributed by atoms with E-state index in [1.165, 1.54) is 50.9 Å². The normalized spacial score (nSPS) is 22.5. The van der Waals surface area contributed by atoms with Crippen molar-refractivity contribution >= 4 is 0 Å². The van der Waals surface area contributed by atoms with E-state index in [0.717, 1.165) is 25.3 Å². The van der Waals surface area contributed by atoms with Crippen LogP contribution in [0.15, 0.2) is 12.1 Å². The zero-order valence-corrected chi connectivity index (χ0v) is 11.6. The molecule has 0 saturated carbocycles. The highest BCUT2D eigenvalue weighted by Crippen LogP contribution is 2.23. The molecule has 2 aliphatic rings. The first-order chi connectivity index (χ1) is 9.42. The van der Waals surface area contributed by atoms with Crippen molar-refractivity contribution in [1.29, 1.82) is 0 Å². The summed E-state index contributed by atoms with van der Waals surface area (Å²) in [6.07, 6.45) is 6.44. The molecule has 0 aromatic carbocycles. The molecular weight excluding hydrogens is 236 g/mol. The van der Waals surface area contributed by atoms with Gasteiger partial charge < -0.3 is 5.32 Å². The van der Waals surface area contributed by atoms with E-state index in [-0.39, 0.29) is 0 Å². The van der Waals surface area contributed by atoms with E-state index < -0.39 is 0 Å². The summed E-state index contributed by atoms with van der Waals surface area (Å²) in [4.78, 5) is 2.50. The van der Waals surface area contributed by atoms with Crippen molar-refractivity contribution in [3.05, 3.63) is 23.5 Å². The molecular formula is C15H24N4. The van der Waals surface area contributed by atoms with Crippen LogP contribution in [0, 0.1) is 0 Å². The van der Waals surface area contributed by atoms with Gasteiger partial charge in [-0.2, -0.15) is 10.2 Å². The van der Waals surface area contributed by atoms with Gasteiger partial charge in [0.05, 0.1) is 11.4 Å². The van der Waals surface area contributed by atoms with Gasteiger partial charge in [0.2, 0.25) is 0 Å². The lowest BCUT2D eigenvalue weighted by atomic mass is 9.94. The number of likely N-dealkylation sites (tertiary alicyclic amines) is 1. The summed E-state index contributed by atoms with van der Waals surface area (Å²) in [6.45, 7) is 5.64. The van der Waals surface area contributed by atoms with Crippen molar-refractivity contribution in [3.63, 3.8) is 0 Å². The van der Waals surface area contributed by atoms with Crippen molar-refractivity contribution in [1.82, 2.24) is 20.4 Å². The number of rotatable bonds is 3. The predicted octanol–water partition coefficient (Wildman–Crippen LogP) is 1.93. The SMILES string of the molecule is c1cc(C2CCNCC2)nnc1CN1CCCCC1. The standard InChI is InChI=1S/C15H24N4/c1-2-10-19(11-3-1)12-14-4-5-15(18-17-14)13-6-8-16-9-7-13/h4-5,13,16H,1-3,6-12H2. The molecule has 0 unspecified atom stereocenters. The highest BCUT2D eigenvalue weighted by atomic mass is 15.2. The Morgan fingerprint density at radius 2 is 1.84 bits per heavy atom. The summed E-state index contributed by atoms with van der Waals surface area (Å²) in [7, 11) is 0. The molecule has 3 rings (SSSR count). The Labute approximate surface area is 115 Å². The first kappa shape index (κ1) is 13.0. The van der Waals surface area contributed by atoms with E-state index in [9.17, 15) is 0 Å². The average Bonchev–Trinajstić information content (AvgIpc) is 2.50. The van der Waals surface area contributed by atoms with Crippen LogP contribution >= 0.6 is 0 Å². The molecule has 1 aromatic rings. The minimum absolute atomic E-state index is 0.609. The minimum atomic E-state index is 0.609. The molecule has 3 heterocycles. The van der Waals surface area contributed by atoms with Crippen LogP contribution in [-0.4, -0.2) is 41.3 Å². The van der Waals surface area contributed by atoms with Crippen LogP contribution in [0.2, 0.25) is 0 Å². The minimum Gasteiger partial charge on any atom is -0.317 e. The molecule has 0 spiro atoms. The van der Waals surface area contributed by atoms with Crippen molar-refractivity contribution < 1.29 is 0 Å². The van der Waals surface area contributed by atoms with Crippen LogP contribution < -0.4 is 5.32 Å². The van der Waals surface area contributed by atoms with Gasteiger partial charge in [0.15, 0.2) is 0 Å². The largest absolute Gasteiger partial charge is 0.317 e. The van der Waals surface area contributed by atoms with Crippen molar-refractivity contribution in [2.24, 2.45) is 0 Å². The zero-order valence-electron chi connectivity index (χ0n) is 11.6. The van der Waals surface area contributed by atoms with Gasteiger partial charge in [-0.05, 0) is 64.0 Å². The van der Waals surface area contributed by atoms with Gasteiger partial charge in [-0.25, -0.2) is 0 Å². The average molecular weight is 260 g/mol. The molecule has 2 aliphatic heterocycles. The Morgan fingerprint density at radius 1 is 1.05 bits per heavy atom. The van der Waals surface area contributed by atoms with E-state index in [4.69, 9.17) is 0 Å². The van der Waals surface area contributed by atoms with Crippen molar-refractivity contribution in [2.75, 3.05) is 26.2 Å². The Balaban J connectivity index is 1.58. The van der Waals surface area contributed by atoms with Crippen LogP contribution in [0.4, 0.5) is 0 Å². The van der Waals surface area contributed by atoms with Crippen LogP contribution in [0.5, 0.6) is 0 Å². The molecule has 0 radical (unpaired) electrons. The summed E-state index contributed by atoms with van der Waals surface area (Å²) in [5, 5.41) is 12.3. The van der Waals surface area contributed by atoms with Crippen molar-refractivity contribution in [2.45, 2.75) is 44.6 Å². The van der Waals surface area contributed by atoms with E-state index >= 15 is 0 Å². The highest BCUT2D eigenvalue weighted by Gasteiger charge is 2.17. The quantitative estimate of drug-likeness (QED) is 0.901. The van der Waals surface area contributed by atoms with Crippen LogP contribution in [0.25, 0.3) is 0 Å². The van der Waals surface area contributed by atoms with Gasteiger partial charge in [0.1, 0.15) is 0 Å². The molecule has 0 aliphatic carbocycles. The fourth-order valence-electron chi connectivity index (χ4n) is 3.14. The van der Waals surface area contributed by atoms with Crippen LogP contribution in [0.1, 0.15) is 49.4 Å². The van der Waals surface area contributed by atoms with Gasteiger partial charge >= 0.3 is 0 Å². The third kappa shape index (κ3) is 3.51. The molecule has 19 heavy (non-hydrogen) atoms. The van der Waals surface area contributed by atoms with E-state index in [2.05, 4.69) is 32.5 Å². The topological polar surface area (TPSA) is 41.1 Å². The van der Waals surface area contributed by atoms with Gasteiger partial charge in [0, 0.05) is 12.5 Å². The van der Waals surface area contributed by atoms with E-state index in [1.54, 1.807) is 0 Å². The Kier molecular flexibility index (Phi) is 4.41. The number of piperidine rings is 2.